The van der Waals surface area contributed by atoms with Crippen molar-refractivity contribution in [3.05, 3.63) is 53.3 Å². The number of methoxy groups -OCH3 is 1. The van der Waals surface area contributed by atoms with Crippen molar-refractivity contribution in [2.75, 3.05) is 26.8 Å². The molecule has 1 fully saturated rings. The summed E-state index contributed by atoms with van der Waals surface area (Å²) in [6.45, 7) is 2.30. The molecule has 1 aliphatic rings. The van der Waals surface area contributed by atoms with Crippen LogP contribution in [0.2, 0.25) is 0 Å². The normalized spacial score (nSPS) is 17.4. The Bertz CT molecular complexity index is 1400. The molecule has 1 aromatic heterocycles. The van der Waals surface area contributed by atoms with Crippen LogP contribution in [0.5, 0.6) is 5.75 Å². The quantitative estimate of drug-likeness (QED) is 0.446. The molecule has 11 heteroatoms. The highest BCUT2D eigenvalue weighted by molar-refractivity contribution is 7.89. The number of rotatable bonds is 7. The number of sulfonamides is 1. The first-order chi connectivity index (χ1) is 16.8. The van der Waals surface area contributed by atoms with Crippen molar-refractivity contribution in [2.45, 2.75) is 31.2 Å². The van der Waals surface area contributed by atoms with Gasteiger partial charge in [0, 0.05) is 13.1 Å². The number of thiazole rings is 1. The first-order valence-corrected chi connectivity index (χ1v) is 13.6. The molecule has 0 bridgehead atoms. The highest BCUT2D eigenvalue weighted by Crippen LogP contribution is 2.26. The zero-order valence-corrected chi connectivity index (χ0v) is 21.2. The van der Waals surface area contributed by atoms with Gasteiger partial charge in [0.05, 0.1) is 34.7 Å². The van der Waals surface area contributed by atoms with Crippen molar-refractivity contribution in [1.29, 1.82) is 0 Å². The minimum absolute atomic E-state index is 0.0656. The number of ether oxygens (including phenoxy) is 2. The molecule has 1 atom stereocenters. The number of hydrogen-bond acceptors (Lipinski definition) is 7. The van der Waals surface area contributed by atoms with Gasteiger partial charge < -0.3 is 14.0 Å². The first kappa shape index (κ1) is 25.1. The molecule has 1 aliphatic heterocycles. The Labute approximate surface area is 207 Å². The molecule has 0 spiro atoms. The van der Waals surface area contributed by atoms with Crippen LogP contribution in [0.15, 0.2) is 58.4 Å². The van der Waals surface area contributed by atoms with E-state index in [-0.39, 0.29) is 24.6 Å². The van der Waals surface area contributed by atoms with E-state index in [1.165, 1.54) is 15.6 Å². The summed E-state index contributed by atoms with van der Waals surface area (Å²) in [4.78, 5) is 30.4. The van der Waals surface area contributed by atoms with Gasteiger partial charge in [-0.25, -0.2) is 8.42 Å². The SMILES string of the molecule is CCOC(=O)Cn1c(=NC(=O)C2CCCN(S(=O)(=O)c3ccccc3)C2)sc2cc(OC)ccc21. The fraction of sp³-hybridized carbons (Fsp3) is 0.375. The Balaban J connectivity index is 1.65. The highest BCUT2D eigenvalue weighted by Gasteiger charge is 2.33. The zero-order chi connectivity index (χ0) is 25.0. The standard InChI is InChI=1S/C24H27N3O6S2/c1-3-33-22(28)16-27-20-12-11-18(32-2)14-21(20)34-24(27)25-23(29)17-8-7-13-26(15-17)35(30,31)19-9-5-4-6-10-19/h4-6,9-12,14,17H,3,7-8,13,15-16H2,1-2H3. The second-order valence-corrected chi connectivity index (χ2v) is 11.0. The van der Waals surface area contributed by atoms with E-state index in [0.717, 1.165) is 10.2 Å². The minimum atomic E-state index is -3.70. The second-order valence-electron chi connectivity index (χ2n) is 8.07. The predicted octanol–water partition coefficient (Wildman–Crippen LogP) is 2.80. The van der Waals surface area contributed by atoms with Gasteiger partial charge in [0.15, 0.2) is 4.80 Å². The van der Waals surface area contributed by atoms with E-state index < -0.39 is 27.8 Å². The minimum Gasteiger partial charge on any atom is -0.497 e. The van der Waals surface area contributed by atoms with E-state index in [4.69, 9.17) is 9.47 Å². The highest BCUT2D eigenvalue weighted by atomic mass is 32.2. The Kier molecular flexibility index (Phi) is 7.68. The van der Waals surface area contributed by atoms with Gasteiger partial charge in [-0.15, -0.1) is 0 Å². The largest absolute Gasteiger partial charge is 0.497 e. The number of carbonyl (C=O) groups excluding carboxylic acids is 2. The fourth-order valence-electron chi connectivity index (χ4n) is 4.04. The summed E-state index contributed by atoms with van der Waals surface area (Å²) in [7, 11) is -2.13. The van der Waals surface area contributed by atoms with Crippen LogP contribution in [-0.4, -0.2) is 56.0 Å². The van der Waals surface area contributed by atoms with Gasteiger partial charge in [-0.2, -0.15) is 9.30 Å². The van der Waals surface area contributed by atoms with E-state index in [1.54, 1.807) is 55.0 Å². The molecule has 186 valence electrons. The maximum absolute atomic E-state index is 13.2. The lowest BCUT2D eigenvalue weighted by Crippen LogP contribution is -2.42. The molecule has 0 aliphatic carbocycles. The van der Waals surface area contributed by atoms with E-state index in [9.17, 15) is 18.0 Å². The lowest BCUT2D eigenvalue weighted by atomic mass is 9.99. The van der Waals surface area contributed by atoms with E-state index in [1.807, 2.05) is 12.1 Å². The predicted molar refractivity (Wildman–Crippen MR) is 131 cm³/mol. The molecule has 2 aromatic carbocycles. The third kappa shape index (κ3) is 5.47. The van der Waals surface area contributed by atoms with Crippen LogP contribution in [0.3, 0.4) is 0 Å². The molecule has 1 saturated heterocycles. The van der Waals surface area contributed by atoms with E-state index in [2.05, 4.69) is 4.99 Å². The Morgan fingerprint density at radius 3 is 2.66 bits per heavy atom. The number of fused-ring (bicyclic) bond motifs is 1. The molecule has 35 heavy (non-hydrogen) atoms. The molecule has 0 radical (unpaired) electrons. The monoisotopic (exact) mass is 517 g/mol. The average molecular weight is 518 g/mol. The molecule has 2 heterocycles. The van der Waals surface area contributed by atoms with Crippen LogP contribution in [-0.2, 0) is 30.9 Å². The Hall–Kier alpha value is -3.02. The van der Waals surface area contributed by atoms with Gasteiger partial charge in [-0.1, -0.05) is 29.5 Å². The number of hydrogen-bond donors (Lipinski definition) is 0. The number of aromatic nitrogens is 1. The van der Waals surface area contributed by atoms with Crippen LogP contribution >= 0.6 is 11.3 Å². The maximum Gasteiger partial charge on any atom is 0.326 e. The topological polar surface area (TPSA) is 107 Å². The summed E-state index contributed by atoms with van der Waals surface area (Å²) >= 11 is 1.26. The van der Waals surface area contributed by atoms with Gasteiger partial charge in [0.2, 0.25) is 10.0 Å². The smallest absolute Gasteiger partial charge is 0.326 e. The van der Waals surface area contributed by atoms with E-state index in [0.29, 0.717) is 29.9 Å². The van der Waals surface area contributed by atoms with E-state index >= 15 is 0 Å². The summed E-state index contributed by atoms with van der Waals surface area (Å²) in [5.41, 5.74) is 0.729. The number of nitrogens with zero attached hydrogens (tertiary/aromatic N) is 3. The first-order valence-electron chi connectivity index (χ1n) is 11.3. The third-order valence-electron chi connectivity index (χ3n) is 5.80. The number of carbonyl (C=O) groups is 2. The fourth-order valence-corrected chi connectivity index (χ4v) is 6.65. The average Bonchev–Trinajstić information content (AvgIpc) is 3.20. The summed E-state index contributed by atoms with van der Waals surface area (Å²) < 4.78 is 40.3. The second kappa shape index (κ2) is 10.7. The zero-order valence-electron chi connectivity index (χ0n) is 19.5. The summed E-state index contributed by atoms with van der Waals surface area (Å²) in [5, 5.41) is 0. The lowest BCUT2D eigenvalue weighted by Gasteiger charge is -2.30. The van der Waals surface area contributed by atoms with Gasteiger partial charge in [-0.05, 0) is 50.1 Å². The van der Waals surface area contributed by atoms with Gasteiger partial charge in [0.1, 0.15) is 12.3 Å². The lowest BCUT2D eigenvalue weighted by molar-refractivity contribution is -0.143. The molecule has 1 amide bonds. The van der Waals surface area contributed by atoms with Crippen molar-refractivity contribution < 1.29 is 27.5 Å². The number of piperidine rings is 1. The number of esters is 1. The van der Waals surface area contributed by atoms with Crippen molar-refractivity contribution >= 4 is 43.5 Å². The van der Waals surface area contributed by atoms with Crippen LogP contribution in [0.25, 0.3) is 10.2 Å². The molecule has 1 unspecified atom stereocenters. The molecular weight excluding hydrogens is 490 g/mol. The van der Waals surface area contributed by atoms with Crippen LogP contribution in [0, 0.1) is 5.92 Å². The van der Waals surface area contributed by atoms with Crippen LogP contribution < -0.4 is 9.54 Å². The molecule has 0 saturated carbocycles. The van der Waals surface area contributed by atoms with Crippen molar-refractivity contribution in [2.24, 2.45) is 10.9 Å². The van der Waals surface area contributed by atoms with Crippen LogP contribution in [0.1, 0.15) is 19.8 Å². The van der Waals surface area contributed by atoms with Gasteiger partial charge in [-0.3, -0.25) is 9.59 Å². The van der Waals surface area contributed by atoms with Crippen molar-refractivity contribution in [3.8, 4) is 5.75 Å². The van der Waals surface area contributed by atoms with Crippen molar-refractivity contribution in [1.82, 2.24) is 8.87 Å². The third-order valence-corrected chi connectivity index (χ3v) is 8.72. The number of benzene rings is 2. The molecule has 4 rings (SSSR count). The molecule has 9 nitrogen and oxygen atoms in total. The van der Waals surface area contributed by atoms with Crippen molar-refractivity contribution in [3.63, 3.8) is 0 Å². The molecular formula is C24H27N3O6S2. The van der Waals surface area contributed by atoms with Gasteiger partial charge >= 0.3 is 5.97 Å². The summed E-state index contributed by atoms with van der Waals surface area (Å²) in [5.74, 6) is -0.768. The maximum atomic E-state index is 13.2. The van der Waals surface area contributed by atoms with Crippen LogP contribution in [0.4, 0.5) is 0 Å². The Morgan fingerprint density at radius 1 is 1.17 bits per heavy atom. The molecule has 3 aromatic rings. The Morgan fingerprint density at radius 2 is 1.94 bits per heavy atom. The molecule has 0 N–H and O–H groups in total. The summed E-state index contributed by atoms with van der Waals surface area (Å²) in [6.07, 6.45) is 1.10. The summed E-state index contributed by atoms with van der Waals surface area (Å²) in [6, 6.07) is 13.6. The number of amides is 1. The van der Waals surface area contributed by atoms with Gasteiger partial charge in [0.25, 0.3) is 5.91 Å².